The van der Waals surface area contributed by atoms with Crippen molar-refractivity contribution in [2.75, 3.05) is 13.7 Å². The van der Waals surface area contributed by atoms with Crippen LogP contribution in [0.15, 0.2) is 0 Å². The minimum atomic E-state index is -1.04. The van der Waals surface area contributed by atoms with Gasteiger partial charge >= 0.3 is 5.97 Å². The summed E-state index contributed by atoms with van der Waals surface area (Å²) in [6.07, 6.45) is 3.44. The van der Waals surface area contributed by atoms with E-state index < -0.39 is 12.0 Å². The maximum absolute atomic E-state index is 11.8. The number of hydrogen-bond donors (Lipinski definition) is 2. The van der Waals surface area contributed by atoms with Crippen LogP contribution in [0.5, 0.6) is 0 Å². The predicted molar refractivity (Wildman–Crippen MR) is 55.8 cm³/mol. The zero-order valence-corrected chi connectivity index (χ0v) is 9.31. The van der Waals surface area contributed by atoms with Crippen LogP contribution in [0.25, 0.3) is 0 Å². The molecule has 0 aromatic rings. The second-order valence-electron chi connectivity index (χ2n) is 4.64. The summed E-state index contributed by atoms with van der Waals surface area (Å²) >= 11 is 0. The molecule has 0 spiro atoms. The molecule has 2 aliphatic carbocycles. The first-order valence-electron chi connectivity index (χ1n) is 5.67. The molecular formula is C11H17NO4. The van der Waals surface area contributed by atoms with Gasteiger partial charge in [-0.05, 0) is 24.7 Å². The number of amides is 1. The van der Waals surface area contributed by atoms with Gasteiger partial charge in [-0.25, -0.2) is 4.79 Å². The van der Waals surface area contributed by atoms with Gasteiger partial charge in [-0.3, -0.25) is 4.79 Å². The van der Waals surface area contributed by atoms with Gasteiger partial charge in [-0.1, -0.05) is 6.42 Å². The van der Waals surface area contributed by atoms with Crippen LogP contribution in [0.4, 0.5) is 0 Å². The fraction of sp³-hybridized carbons (Fsp3) is 0.818. The van der Waals surface area contributed by atoms with Crippen molar-refractivity contribution in [3.8, 4) is 0 Å². The van der Waals surface area contributed by atoms with Crippen molar-refractivity contribution >= 4 is 11.9 Å². The molecule has 0 radical (unpaired) electrons. The molecule has 16 heavy (non-hydrogen) atoms. The Bertz CT molecular complexity index is 294. The number of hydrogen-bond acceptors (Lipinski definition) is 3. The number of carboxylic acid groups (broad SMARTS) is 1. The molecule has 5 heteroatoms. The first kappa shape index (κ1) is 11.4. The van der Waals surface area contributed by atoms with Crippen LogP contribution in [0.2, 0.25) is 0 Å². The van der Waals surface area contributed by atoms with Gasteiger partial charge in [0.25, 0.3) is 0 Å². The van der Waals surface area contributed by atoms with E-state index in [1.807, 2.05) is 0 Å². The van der Waals surface area contributed by atoms with Crippen molar-refractivity contribution in [3.05, 3.63) is 0 Å². The third-order valence-corrected chi connectivity index (χ3v) is 3.66. The number of fused-ring (bicyclic) bond motifs is 1. The zero-order valence-electron chi connectivity index (χ0n) is 9.31. The summed E-state index contributed by atoms with van der Waals surface area (Å²) in [7, 11) is 1.42. The number of carboxylic acids is 1. The van der Waals surface area contributed by atoms with E-state index >= 15 is 0 Å². The summed E-state index contributed by atoms with van der Waals surface area (Å²) < 4.78 is 4.76. The smallest absolute Gasteiger partial charge is 0.328 e. The molecule has 2 rings (SSSR count). The molecule has 0 aliphatic heterocycles. The SMILES string of the molecule is COCC(NC(=O)C1C2CCCC21)C(=O)O. The highest BCUT2D eigenvalue weighted by Crippen LogP contribution is 2.57. The van der Waals surface area contributed by atoms with E-state index in [1.165, 1.54) is 13.5 Å². The standard InChI is InChI=1S/C11H17NO4/c1-16-5-8(11(14)15)12-10(13)9-6-3-2-4-7(6)9/h6-9H,2-5H2,1H3,(H,12,13)(H,14,15). The Morgan fingerprint density at radius 2 is 2.06 bits per heavy atom. The quantitative estimate of drug-likeness (QED) is 0.706. The van der Waals surface area contributed by atoms with Gasteiger partial charge in [0.1, 0.15) is 0 Å². The number of carbonyl (C=O) groups is 2. The van der Waals surface area contributed by atoms with Gasteiger partial charge in [-0.2, -0.15) is 0 Å². The minimum Gasteiger partial charge on any atom is -0.480 e. The topological polar surface area (TPSA) is 75.6 Å². The van der Waals surface area contributed by atoms with Gasteiger partial charge in [0.2, 0.25) is 5.91 Å². The molecule has 3 atom stereocenters. The molecule has 0 heterocycles. The van der Waals surface area contributed by atoms with Crippen LogP contribution in [0.3, 0.4) is 0 Å². The second kappa shape index (κ2) is 4.41. The normalized spacial score (nSPS) is 32.9. The Morgan fingerprint density at radius 1 is 1.44 bits per heavy atom. The van der Waals surface area contributed by atoms with Crippen LogP contribution < -0.4 is 5.32 Å². The lowest BCUT2D eigenvalue weighted by Gasteiger charge is -2.14. The summed E-state index contributed by atoms with van der Waals surface area (Å²) in [4.78, 5) is 22.6. The lowest BCUT2D eigenvalue weighted by atomic mass is 10.1. The van der Waals surface area contributed by atoms with Crippen molar-refractivity contribution in [3.63, 3.8) is 0 Å². The van der Waals surface area contributed by atoms with E-state index in [-0.39, 0.29) is 18.4 Å². The van der Waals surface area contributed by atoms with Crippen molar-refractivity contribution in [2.24, 2.45) is 17.8 Å². The van der Waals surface area contributed by atoms with Gasteiger partial charge in [0, 0.05) is 13.0 Å². The highest BCUT2D eigenvalue weighted by molar-refractivity contribution is 5.87. The third kappa shape index (κ3) is 2.04. The van der Waals surface area contributed by atoms with Gasteiger partial charge in [0.15, 0.2) is 6.04 Å². The Balaban J connectivity index is 1.84. The monoisotopic (exact) mass is 227 g/mol. The Kier molecular flexibility index (Phi) is 3.14. The highest BCUT2D eigenvalue weighted by Gasteiger charge is 2.56. The summed E-state index contributed by atoms with van der Waals surface area (Å²) in [6, 6.07) is -0.918. The summed E-state index contributed by atoms with van der Waals surface area (Å²) in [5.74, 6) is -0.0680. The molecule has 2 saturated carbocycles. The molecule has 2 N–H and O–H groups in total. The first-order chi connectivity index (χ1) is 7.65. The number of methoxy groups -OCH3 is 1. The Morgan fingerprint density at radius 3 is 2.56 bits per heavy atom. The Hall–Kier alpha value is -1.10. The molecule has 0 aromatic carbocycles. The first-order valence-corrected chi connectivity index (χ1v) is 5.67. The lowest BCUT2D eigenvalue weighted by Crippen LogP contribution is -2.44. The Labute approximate surface area is 94.2 Å². The molecule has 0 bridgehead atoms. The van der Waals surface area contributed by atoms with Gasteiger partial charge < -0.3 is 15.2 Å². The second-order valence-corrected chi connectivity index (χ2v) is 4.64. The predicted octanol–water partition coefficient (Wildman–Crippen LogP) is 0.248. The molecule has 5 nitrogen and oxygen atoms in total. The molecule has 2 aliphatic rings. The number of ether oxygens (including phenoxy) is 1. The van der Waals surface area contributed by atoms with E-state index in [1.54, 1.807) is 0 Å². The van der Waals surface area contributed by atoms with Crippen molar-refractivity contribution in [1.29, 1.82) is 0 Å². The summed E-state index contributed by atoms with van der Waals surface area (Å²) in [6.45, 7) is 0.0170. The largest absolute Gasteiger partial charge is 0.480 e. The van der Waals surface area contributed by atoms with E-state index in [0.717, 1.165) is 12.8 Å². The maximum Gasteiger partial charge on any atom is 0.328 e. The van der Waals surface area contributed by atoms with Crippen molar-refractivity contribution < 1.29 is 19.4 Å². The third-order valence-electron chi connectivity index (χ3n) is 3.66. The number of nitrogens with one attached hydrogen (secondary N) is 1. The minimum absolute atomic E-state index is 0.0170. The lowest BCUT2D eigenvalue weighted by molar-refractivity contribution is -0.143. The average Bonchev–Trinajstić information content (AvgIpc) is 2.72. The molecule has 0 aromatic heterocycles. The molecule has 3 unspecified atom stereocenters. The highest BCUT2D eigenvalue weighted by atomic mass is 16.5. The molecule has 1 amide bonds. The van der Waals surface area contributed by atoms with Crippen LogP contribution in [-0.2, 0) is 14.3 Å². The number of aliphatic carboxylic acids is 1. The van der Waals surface area contributed by atoms with E-state index in [9.17, 15) is 9.59 Å². The zero-order chi connectivity index (χ0) is 11.7. The maximum atomic E-state index is 11.8. The molecular weight excluding hydrogens is 210 g/mol. The molecule has 90 valence electrons. The van der Waals surface area contributed by atoms with Crippen molar-refractivity contribution in [2.45, 2.75) is 25.3 Å². The number of rotatable bonds is 5. The molecule has 2 fully saturated rings. The van der Waals surface area contributed by atoms with Crippen LogP contribution in [0, 0.1) is 17.8 Å². The van der Waals surface area contributed by atoms with E-state index in [4.69, 9.17) is 9.84 Å². The fourth-order valence-corrected chi connectivity index (χ4v) is 2.82. The van der Waals surface area contributed by atoms with E-state index in [0.29, 0.717) is 11.8 Å². The summed E-state index contributed by atoms with van der Waals surface area (Å²) in [5, 5.41) is 11.4. The number of carbonyl (C=O) groups excluding carboxylic acids is 1. The van der Waals surface area contributed by atoms with Crippen molar-refractivity contribution in [1.82, 2.24) is 5.32 Å². The van der Waals surface area contributed by atoms with E-state index in [2.05, 4.69) is 5.32 Å². The van der Waals surface area contributed by atoms with Gasteiger partial charge in [0.05, 0.1) is 6.61 Å². The summed E-state index contributed by atoms with van der Waals surface area (Å²) in [5.41, 5.74) is 0. The fourth-order valence-electron chi connectivity index (χ4n) is 2.82. The van der Waals surface area contributed by atoms with Crippen LogP contribution in [-0.4, -0.2) is 36.7 Å². The van der Waals surface area contributed by atoms with Crippen LogP contribution in [0.1, 0.15) is 19.3 Å². The van der Waals surface area contributed by atoms with Gasteiger partial charge in [-0.15, -0.1) is 0 Å². The van der Waals surface area contributed by atoms with Crippen LogP contribution >= 0.6 is 0 Å². The average molecular weight is 227 g/mol. The molecule has 0 saturated heterocycles.